The van der Waals surface area contributed by atoms with Crippen molar-refractivity contribution in [2.24, 2.45) is 0 Å². The topological polar surface area (TPSA) is 8.81 Å². The van der Waals surface area contributed by atoms with Crippen LogP contribution < -0.4 is 4.57 Å². The zero-order chi connectivity index (χ0) is 23.3. The zero-order valence-electron chi connectivity index (χ0n) is 21.3. The van der Waals surface area contributed by atoms with Gasteiger partial charge in [-0.05, 0) is 42.7 Å². The van der Waals surface area contributed by atoms with Gasteiger partial charge in [0.1, 0.15) is 11.9 Å². The van der Waals surface area contributed by atoms with Crippen LogP contribution >= 0.6 is 0 Å². The molecule has 178 valence electrons. The summed E-state index contributed by atoms with van der Waals surface area (Å²) >= 11 is 0. The first kappa shape index (κ1) is 25.3. The van der Waals surface area contributed by atoms with Crippen LogP contribution in [0.2, 0.25) is 0 Å². The maximum Gasteiger partial charge on any atom is 0.261 e. The van der Waals surface area contributed by atoms with Crippen molar-refractivity contribution in [1.29, 1.82) is 0 Å². The Kier molecular flexibility index (Phi) is 10.7. The Hall–Kier alpha value is -2.35. The van der Waals surface area contributed by atoms with Gasteiger partial charge in [0, 0.05) is 6.42 Å². The van der Waals surface area contributed by atoms with Gasteiger partial charge in [0.15, 0.2) is 0 Å². The lowest BCUT2D eigenvalue weighted by Gasteiger charge is -2.12. The molecular formula is C31H45N2+. The van der Waals surface area contributed by atoms with E-state index < -0.39 is 0 Å². The van der Waals surface area contributed by atoms with E-state index in [0.29, 0.717) is 5.92 Å². The first-order chi connectivity index (χ1) is 16.2. The summed E-state index contributed by atoms with van der Waals surface area (Å²) in [5.41, 5.74) is 4.36. The van der Waals surface area contributed by atoms with Gasteiger partial charge in [-0.15, -0.1) is 0 Å². The second-order valence-corrected chi connectivity index (χ2v) is 9.68. The highest BCUT2D eigenvalue weighted by molar-refractivity contribution is 5.22. The fourth-order valence-electron chi connectivity index (χ4n) is 4.87. The second-order valence-electron chi connectivity index (χ2n) is 9.68. The summed E-state index contributed by atoms with van der Waals surface area (Å²) in [5.74, 6) is 2.01. The van der Waals surface area contributed by atoms with Gasteiger partial charge in [-0.2, -0.15) is 0 Å². The van der Waals surface area contributed by atoms with Gasteiger partial charge in [-0.1, -0.05) is 107 Å². The third kappa shape index (κ3) is 7.88. The molecule has 0 saturated heterocycles. The van der Waals surface area contributed by atoms with Crippen LogP contribution in [-0.2, 0) is 25.9 Å². The smallest absolute Gasteiger partial charge is 0.234 e. The van der Waals surface area contributed by atoms with Crippen LogP contribution in [0.5, 0.6) is 0 Å². The molecule has 0 aliphatic heterocycles. The predicted octanol–water partition coefficient (Wildman–Crippen LogP) is 7.87. The van der Waals surface area contributed by atoms with E-state index in [1.807, 2.05) is 0 Å². The van der Waals surface area contributed by atoms with E-state index >= 15 is 0 Å². The molecule has 2 aromatic carbocycles. The normalized spacial score (nSPS) is 12.2. The Balaban J connectivity index is 1.90. The van der Waals surface area contributed by atoms with Crippen LogP contribution in [-0.4, -0.2) is 4.57 Å². The predicted molar refractivity (Wildman–Crippen MR) is 141 cm³/mol. The number of imidazole rings is 1. The summed E-state index contributed by atoms with van der Waals surface area (Å²) in [6.45, 7) is 9.25. The molecule has 1 unspecified atom stereocenters. The SMILES string of the molecule is CCCCCCn1c(CC(C)c2ccccc2)c[n+](CCCCCC)c1Cc1ccccc1. The summed E-state index contributed by atoms with van der Waals surface area (Å²) < 4.78 is 5.28. The first-order valence-corrected chi connectivity index (χ1v) is 13.4. The lowest BCUT2D eigenvalue weighted by atomic mass is 9.96. The molecule has 0 amide bonds. The summed E-state index contributed by atoms with van der Waals surface area (Å²) in [6.07, 6.45) is 15.0. The standard InChI is InChI=1S/C31H45N2/c1-4-6-8-16-22-32-26-30(24-27(3)29-20-14-11-15-21-29)33(23-17-9-7-5-2)31(32)25-28-18-12-10-13-19-28/h10-15,18-21,26-27H,4-9,16-17,22-25H2,1-3H3/q+1. The molecule has 33 heavy (non-hydrogen) atoms. The molecule has 0 saturated carbocycles. The Morgan fingerprint density at radius 1 is 0.758 bits per heavy atom. The van der Waals surface area contributed by atoms with Crippen molar-refractivity contribution < 1.29 is 4.57 Å². The van der Waals surface area contributed by atoms with E-state index in [-0.39, 0.29) is 0 Å². The third-order valence-corrected chi connectivity index (χ3v) is 6.87. The molecule has 0 aliphatic carbocycles. The number of rotatable bonds is 15. The van der Waals surface area contributed by atoms with E-state index in [1.54, 1.807) is 0 Å². The summed E-state index contributed by atoms with van der Waals surface area (Å²) in [6, 6.07) is 22.1. The highest BCUT2D eigenvalue weighted by Crippen LogP contribution is 2.22. The second kappa shape index (κ2) is 14.0. The molecule has 3 aromatic rings. The van der Waals surface area contributed by atoms with Crippen molar-refractivity contribution in [2.45, 2.75) is 104 Å². The Morgan fingerprint density at radius 2 is 1.39 bits per heavy atom. The number of benzene rings is 2. The van der Waals surface area contributed by atoms with Gasteiger partial charge in [0.05, 0.1) is 19.5 Å². The molecular weight excluding hydrogens is 400 g/mol. The Morgan fingerprint density at radius 3 is 2.06 bits per heavy atom. The van der Waals surface area contributed by atoms with Gasteiger partial charge >= 0.3 is 0 Å². The molecule has 1 aromatic heterocycles. The summed E-state index contributed by atoms with van der Waals surface area (Å²) in [4.78, 5) is 0. The molecule has 2 heteroatoms. The lowest BCUT2D eigenvalue weighted by Crippen LogP contribution is -2.37. The number of unbranched alkanes of at least 4 members (excludes halogenated alkanes) is 6. The number of aromatic nitrogens is 2. The minimum atomic E-state index is 0.522. The minimum absolute atomic E-state index is 0.522. The van der Waals surface area contributed by atoms with Crippen molar-refractivity contribution >= 4 is 0 Å². The van der Waals surface area contributed by atoms with Gasteiger partial charge in [-0.25, -0.2) is 9.13 Å². The van der Waals surface area contributed by atoms with E-state index in [2.05, 4.69) is 96.8 Å². The van der Waals surface area contributed by atoms with Crippen LogP contribution in [0.25, 0.3) is 0 Å². The molecule has 0 aliphatic rings. The van der Waals surface area contributed by atoms with Gasteiger partial charge in [0.25, 0.3) is 5.82 Å². The van der Waals surface area contributed by atoms with Crippen molar-refractivity contribution in [3.63, 3.8) is 0 Å². The van der Waals surface area contributed by atoms with Crippen molar-refractivity contribution in [3.8, 4) is 0 Å². The number of aryl methyl sites for hydroxylation is 1. The van der Waals surface area contributed by atoms with Gasteiger partial charge < -0.3 is 0 Å². The minimum Gasteiger partial charge on any atom is -0.234 e. The molecule has 1 heterocycles. The molecule has 0 radical (unpaired) electrons. The summed E-state index contributed by atoms with van der Waals surface area (Å²) in [5, 5.41) is 0. The van der Waals surface area contributed by atoms with Crippen LogP contribution in [0.3, 0.4) is 0 Å². The van der Waals surface area contributed by atoms with E-state index in [4.69, 9.17) is 0 Å². The lowest BCUT2D eigenvalue weighted by molar-refractivity contribution is -0.704. The fraction of sp³-hybridized carbons (Fsp3) is 0.516. The monoisotopic (exact) mass is 445 g/mol. The van der Waals surface area contributed by atoms with Crippen LogP contribution in [0.1, 0.15) is 101 Å². The van der Waals surface area contributed by atoms with E-state index in [9.17, 15) is 0 Å². The summed E-state index contributed by atoms with van der Waals surface area (Å²) in [7, 11) is 0. The van der Waals surface area contributed by atoms with Crippen molar-refractivity contribution in [2.75, 3.05) is 0 Å². The molecule has 0 spiro atoms. The Bertz CT molecular complexity index is 911. The average molecular weight is 446 g/mol. The number of hydrogen-bond donors (Lipinski definition) is 0. The first-order valence-electron chi connectivity index (χ1n) is 13.4. The molecule has 2 nitrogen and oxygen atoms in total. The quantitative estimate of drug-likeness (QED) is 0.166. The molecule has 3 rings (SSSR count). The average Bonchev–Trinajstić information content (AvgIpc) is 3.16. The number of nitrogens with zero attached hydrogens (tertiary/aromatic N) is 2. The fourth-order valence-corrected chi connectivity index (χ4v) is 4.87. The Labute approximate surface area is 202 Å². The third-order valence-electron chi connectivity index (χ3n) is 6.87. The van der Waals surface area contributed by atoms with Crippen LogP contribution in [0, 0.1) is 0 Å². The molecule has 0 fully saturated rings. The number of hydrogen-bond acceptors (Lipinski definition) is 0. The van der Waals surface area contributed by atoms with E-state index in [1.165, 1.54) is 74.0 Å². The van der Waals surface area contributed by atoms with Crippen molar-refractivity contribution in [1.82, 2.24) is 4.57 Å². The molecule has 0 bridgehead atoms. The van der Waals surface area contributed by atoms with Gasteiger partial charge in [0.2, 0.25) is 0 Å². The maximum absolute atomic E-state index is 2.68. The van der Waals surface area contributed by atoms with Crippen LogP contribution in [0.15, 0.2) is 66.9 Å². The highest BCUT2D eigenvalue weighted by atomic mass is 15.2. The molecule has 1 atom stereocenters. The highest BCUT2D eigenvalue weighted by Gasteiger charge is 2.25. The van der Waals surface area contributed by atoms with Gasteiger partial charge in [-0.3, -0.25) is 0 Å². The van der Waals surface area contributed by atoms with E-state index in [0.717, 1.165) is 25.9 Å². The van der Waals surface area contributed by atoms with Crippen LogP contribution in [0.4, 0.5) is 0 Å². The van der Waals surface area contributed by atoms with Crippen molar-refractivity contribution in [3.05, 3.63) is 89.5 Å². The molecule has 0 N–H and O–H groups in total. The zero-order valence-corrected chi connectivity index (χ0v) is 21.3. The maximum atomic E-state index is 2.68. The largest absolute Gasteiger partial charge is 0.261 e.